The maximum absolute atomic E-state index is 12.5. The second kappa shape index (κ2) is 5.72. The van der Waals surface area contributed by atoms with Crippen molar-refractivity contribution in [1.29, 1.82) is 0 Å². The van der Waals surface area contributed by atoms with Crippen LogP contribution in [0.25, 0.3) is 0 Å². The molecular formula is C15H20ClN3O. The second-order valence-corrected chi connectivity index (χ2v) is 6.01. The van der Waals surface area contributed by atoms with Crippen LogP contribution >= 0.6 is 11.6 Å². The summed E-state index contributed by atoms with van der Waals surface area (Å²) in [5, 5.41) is 4.01. The Morgan fingerprint density at radius 1 is 1.25 bits per heavy atom. The average Bonchev–Trinajstić information content (AvgIpc) is 2.40. The van der Waals surface area contributed by atoms with Gasteiger partial charge in [-0.15, -0.1) is 0 Å². The first kappa shape index (κ1) is 13.9. The summed E-state index contributed by atoms with van der Waals surface area (Å²) in [4.78, 5) is 16.9. The number of halogens is 1. The van der Waals surface area contributed by atoms with E-state index in [0.717, 1.165) is 50.4 Å². The summed E-state index contributed by atoms with van der Waals surface area (Å²) in [5.74, 6) is 0.121. The third kappa shape index (κ3) is 2.68. The molecule has 108 valence electrons. The van der Waals surface area contributed by atoms with Crippen molar-refractivity contribution < 1.29 is 4.79 Å². The molecule has 0 unspecified atom stereocenters. The minimum atomic E-state index is 0.121. The SMILES string of the molecule is Cc1cc(C(=O)N2CCN(C3CNC3)CC2)ccc1Cl. The quantitative estimate of drug-likeness (QED) is 0.895. The monoisotopic (exact) mass is 293 g/mol. The van der Waals surface area contributed by atoms with Crippen LogP contribution in [-0.2, 0) is 0 Å². The van der Waals surface area contributed by atoms with Crippen molar-refractivity contribution >= 4 is 17.5 Å². The van der Waals surface area contributed by atoms with Gasteiger partial charge in [0.05, 0.1) is 0 Å². The topological polar surface area (TPSA) is 35.6 Å². The molecule has 0 radical (unpaired) electrons. The highest BCUT2D eigenvalue weighted by molar-refractivity contribution is 6.31. The van der Waals surface area contributed by atoms with Gasteiger partial charge in [0.15, 0.2) is 0 Å². The molecule has 2 aliphatic rings. The predicted molar refractivity (Wildman–Crippen MR) is 80.3 cm³/mol. The van der Waals surface area contributed by atoms with Gasteiger partial charge in [0.25, 0.3) is 5.91 Å². The number of amides is 1. The Hall–Kier alpha value is -1.10. The largest absolute Gasteiger partial charge is 0.336 e. The number of piperazine rings is 1. The summed E-state index contributed by atoms with van der Waals surface area (Å²) in [6.45, 7) is 7.69. The molecule has 0 bridgehead atoms. The van der Waals surface area contributed by atoms with Crippen LogP contribution in [0.3, 0.4) is 0 Å². The Bertz CT molecular complexity index is 508. The fourth-order valence-corrected chi connectivity index (χ4v) is 2.90. The minimum Gasteiger partial charge on any atom is -0.336 e. The van der Waals surface area contributed by atoms with E-state index >= 15 is 0 Å². The van der Waals surface area contributed by atoms with E-state index in [1.54, 1.807) is 6.07 Å². The Morgan fingerprint density at radius 3 is 2.50 bits per heavy atom. The first-order chi connectivity index (χ1) is 9.65. The zero-order valence-corrected chi connectivity index (χ0v) is 12.5. The van der Waals surface area contributed by atoms with E-state index in [2.05, 4.69) is 10.2 Å². The van der Waals surface area contributed by atoms with E-state index < -0.39 is 0 Å². The molecule has 1 amide bonds. The first-order valence-corrected chi connectivity index (χ1v) is 7.53. The van der Waals surface area contributed by atoms with E-state index in [9.17, 15) is 4.79 Å². The van der Waals surface area contributed by atoms with E-state index in [1.807, 2.05) is 24.0 Å². The summed E-state index contributed by atoms with van der Waals surface area (Å²) in [5.41, 5.74) is 1.70. The van der Waals surface area contributed by atoms with Gasteiger partial charge in [-0.25, -0.2) is 0 Å². The maximum Gasteiger partial charge on any atom is 0.253 e. The zero-order valence-electron chi connectivity index (χ0n) is 11.7. The molecule has 20 heavy (non-hydrogen) atoms. The fraction of sp³-hybridized carbons (Fsp3) is 0.533. The zero-order chi connectivity index (χ0) is 14.1. The molecular weight excluding hydrogens is 274 g/mol. The molecule has 0 spiro atoms. The lowest BCUT2D eigenvalue weighted by atomic mass is 10.1. The third-order valence-electron chi connectivity index (χ3n) is 4.28. The molecule has 1 N–H and O–H groups in total. The van der Waals surface area contributed by atoms with E-state index in [0.29, 0.717) is 11.1 Å². The van der Waals surface area contributed by atoms with Crippen LogP contribution in [0.5, 0.6) is 0 Å². The van der Waals surface area contributed by atoms with E-state index in [1.165, 1.54) is 0 Å². The number of benzene rings is 1. The molecule has 0 saturated carbocycles. The van der Waals surface area contributed by atoms with Crippen molar-refractivity contribution in [3.05, 3.63) is 34.3 Å². The molecule has 0 aliphatic carbocycles. The predicted octanol–water partition coefficient (Wildman–Crippen LogP) is 1.38. The molecule has 1 aromatic carbocycles. The Balaban J connectivity index is 1.62. The molecule has 5 heteroatoms. The van der Waals surface area contributed by atoms with E-state index in [-0.39, 0.29) is 5.91 Å². The van der Waals surface area contributed by atoms with Gasteiger partial charge in [0, 0.05) is 55.9 Å². The van der Waals surface area contributed by atoms with Crippen molar-refractivity contribution in [3.63, 3.8) is 0 Å². The fourth-order valence-electron chi connectivity index (χ4n) is 2.78. The van der Waals surface area contributed by atoms with Crippen LogP contribution in [0.1, 0.15) is 15.9 Å². The molecule has 2 aliphatic heterocycles. The van der Waals surface area contributed by atoms with Crippen molar-refractivity contribution in [1.82, 2.24) is 15.1 Å². The molecule has 2 fully saturated rings. The summed E-state index contributed by atoms with van der Waals surface area (Å²) in [7, 11) is 0. The van der Waals surface area contributed by atoms with Gasteiger partial charge in [-0.1, -0.05) is 11.6 Å². The van der Waals surface area contributed by atoms with Gasteiger partial charge in [-0.05, 0) is 30.7 Å². The molecule has 2 heterocycles. The van der Waals surface area contributed by atoms with Gasteiger partial charge >= 0.3 is 0 Å². The Kier molecular flexibility index (Phi) is 3.96. The number of hydrogen-bond acceptors (Lipinski definition) is 3. The Morgan fingerprint density at radius 2 is 1.95 bits per heavy atom. The normalized spacial score (nSPS) is 20.8. The van der Waals surface area contributed by atoms with E-state index in [4.69, 9.17) is 11.6 Å². The highest BCUT2D eigenvalue weighted by Gasteiger charge is 2.29. The summed E-state index contributed by atoms with van der Waals surface area (Å²) < 4.78 is 0. The average molecular weight is 294 g/mol. The van der Waals surface area contributed by atoms with Crippen LogP contribution in [0.15, 0.2) is 18.2 Å². The highest BCUT2D eigenvalue weighted by Crippen LogP contribution is 2.18. The minimum absolute atomic E-state index is 0.121. The number of hydrogen-bond donors (Lipinski definition) is 1. The molecule has 4 nitrogen and oxygen atoms in total. The van der Waals surface area contributed by atoms with Gasteiger partial charge in [0.2, 0.25) is 0 Å². The summed E-state index contributed by atoms with van der Waals surface area (Å²) in [6, 6.07) is 6.18. The van der Waals surface area contributed by atoms with Crippen LogP contribution < -0.4 is 5.32 Å². The van der Waals surface area contributed by atoms with Crippen molar-refractivity contribution in [2.45, 2.75) is 13.0 Å². The molecule has 1 aromatic rings. The lowest BCUT2D eigenvalue weighted by Gasteiger charge is -2.43. The number of aryl methyl sites for hydroxylation is 1. The van der Waals surface area contributed by atoms with Crippen molar-refractivity contribution in [2.75, 3.05) is 39.3 Å². The lowest BCUT2D eigenvalue weighted by Crippen LogP contribution is -2.62. The first-order valence-electron chi connectivity index (χ1n) is 7.15. The smallest absolute Gasteiger partial charge is 0.253 e. The van der Waals surface area contributed by atoms with Crippen LogP contribution in [-0.4, -0.2) is 61.0 Å². The van der Waals surface area contributed by atoms with Crippen LogP contribution in [0.4, 0.5) is 0 Å². The van der Waals surface area contributed by atoms with Crippen LogP contribution in [0, 0.1) is 6.92 Å². The summed E-state index contributed by atoms with van der Waals surface area (Å²) >= 11 is 6.01. The highest BCUT2D eigenvalue weighted by atomic mass is 35.5. The number of nitrogens with zero attached hydrogens (tertiary/aromatic N) is 2. The van der Waals surface area contributed by atoms with Crippen LogP contribution in [0.2, 0.25) is 5.02 Å². The second-order valence-electron chi connectivity index (χ2n) is 5.60. The van der Waals surface area contributed by atoms with Gasteiger partial charge in [0.1, 0.15) is 0 Å². The van der Waals surface area contributed by atoms with Gasteiger partial charge in [-0.2, -0.15) is 0 Å². The number of carbonyl (C=O) groups excluding carboxylic acids is 1. The van der Waals surface area contributed by atoms with Crippen molar-refractivity contribution in [2.24, 2.45) is 0 Å². The molecule has 3 rings (SSSR count). The Labute approximate surface area is 124 Å². The molecule has 2 saturated heterocycles. The van der Waals surface area contributed by atoms with Gasteiger partial charge in [-0.3, -0.25) is 9.69 Å². The summed E-state index contributed by atoms with van der Waals surface area (Å²) in [6.07, 6.45) is 0. The molecule has 0 atom stereocenters. The number of rotatable bonds is 2. The third-order valence-corrected chi connectivity index (χ3v) is 4.71. The molecule has 0 aromatic heterocycles. The maximum atomic E-state index is 12.5. The lowest BCUT2D eigenvalue weighted by molar-refractivity contribution is 0.0502. The standard InChI is InChI=1S/C15H20ClN3O/c1-11-8-12(2-3-14(11)16)15(20)19-6-4-18(5-7-19)13-9-17-10-13/h2-3,8,13,17H,4-7,9-10H2,1H3. The van der Waals surface area contributed by atoms with Gasteiger partial charge < -0.3 is 10.2 Å². The number of nitrogens with one attached hydrogen (secondary N) is 1. The number of carbonyl (C=O) groups is 1. The van der Waals surface area contributed by atoms with Crippen molar-refractivity contribution in [3.8, 4) is 0 Å².